The second kappa shape index (κ2) is 11.3. The van der Waals surface area contributed by atoms with Crippen LogP contribution in [0.2, 0.25) is 0 Å². The van der Waals surface area contributed by atoms with Gasteiger partial charge in [-0.05, 0) is 32.4 Å². The minimum Gasteiger partial charge on any atom is -0.497 e. The van der Waals surface area contributed by atoms with E-state index in [0.717, 1.165) is 44.4 Å². The van der Waals surface area contributed by atoms with Crippen LogP contribution >= 0.6 is 0 Å². The second-order valence-electron chi connectivity index (χ2n) is 6.99. The number of guanidine groups is 1. The molecule has 1 aliphatic heterocycles. The van der Waals surface area contributed by atoms with E-state index < -0.39 is 10.0 Å². The summed E-state index contributed by atoms with van der Waals surface area (Å²) in [6.07, 6.45) is 0.703. The largest absolute Gasteiger partial charge is 0.497 e. The van der Waals surface area contributed by atoms with Crippen LogP contribution in [0.4, 0.5) is 5.69 Å². The maximum atomic E-state index is 11.8. The number of piperazine rings is 1. The molecule has 1 aliphatic rings. The lowest BCUT2D eigenvalue weighted by Gasteiger charge is -2.37. The van der Waals surface area contributed by atoms with Crippen LogP contribution in [0.25, 0.3) is 0 Å². The number of nitrogens with zero attached hydrogens (tertiary/aromatic N) is 4. The number of ether oxygens (including phenoxy) is 1. The molecular formula is C20H35N5O3S. The predicted molar refractivity (Wildman–Crippen MR) is 119 cm³/mol. The van der Waals surface area contributed by atoms with Gasteiger partial charge < -0.3 is 19.9 Å². The fourth-order valence-electron chi connectivity index (χ4n) is 3.25. The van der Waals surface area contributed by atoms with E-state index in [1.54, 1.807) is 21.1 Å². The van der Waals surface area contributed by atoms with Gasteiger partial charge in [-0.1, -0.05) is 6.07 Å². The van der Waals surface area contributed by atoms with Crippen LogP contribution in [0, 0.1) is 0 Å². The molecule has 1 fully saturated rings. The molecule has 29 heavy (non-hydrogen) atoms. The van der Waals surface area contributed by atoms with Gasteiger partial charge in [0.25, 0.3) is 0 Å². The van der Waals surface area contributed by atoms with Crippen LogP contribution in [0.15, 0.2) is 29.3 Å². The van der Waals surface area contributed by atoms with Gasteiger partial charge in [-0.2, -0.15) is 0 Å². The molecule has 0 radical (unpaired) electrons. The molecule has 0 bridgehead atoms. The summed E-state index contributed by atoms with van der Waals surface area (Å²) in [5.41, 5.74) is 1.17. The zero-order valence-electron chi connectivity index (χ0n) is 18.1. The van der Waals surface area contributed by atoms with Crippen molar-refractivity contribution >= 4 is 21.7 Å². The van der Waals surface area contributed by atoms with Crippen molar-refractivity contribution in [2.24, 2.45) is 4.99 Å². The predicted octanol–water partition coefficient (Wildman–Crippen LogP) is 1.45. The molecule has 0 unspecified atom stereocenters. The van der Waals surface area contributed by atoms with Crippen LogP contribution in [0.1, 0.15) is 20.3 Å². The van der Waals surface area contributed by atoms with E-state index in [0.29, 0.717) is 19.5 Å². The Kier molecular flexibility index (Phi) is 9.03. The zero-order valence-corrected chi connectivity index (χ0v) is 18.9. The lowest BCUT2D eigenvalue weighted by atomic mass is 10.2. The Morgan fingerprint density at radius 2 is 1.97 bits per heavy atom. The first-order chi connectivity index (χ1) is 13.9. The lowest BCUT2D eigenvalue weighted by Crippen LogP contribution is -2.52. The standard InChI is InChI=1S/C20H35N5O3S/c1-5-21-20(22-11-8-12-23(3)29(26,27)6-2)25-15-13-24(14-16-25)18-9-7-10-19(17-18)28-4/h7,9-10,17H,5-6,8,11-16H2,1-4H3,(H,21,22). The first kappa shape index (κ1) is 23.3. The van der Waals surface area contributed by atoms with Gasteiger partial charge >= 0.3 is 0 Å². The van der Waals surface area contributed by atoms with E-state index in [9.17, 15) is 8.42 Å². The molecule has 1 saturated heterocycles. The highest BCUT2D eigenvalue weighted by atomic mass is 32.2. The van der Waals surface area contributed by atoms with Gasteiger partial charge in [0.15, 0.2) is 5.96 Å². The molecule has 1 aromatic carbocycles. The third-order valence-electron chi connectivity index (χ3n) is 5.06. The molecule has 0 saturated carbocycles. The summed E-state index contributed by atoms with van der Waals surface area (Å²) in [5, 5.41) is 3.36. The van der Waals surface area contributed by atoms with E-state index in [1.165, 1.54) is 9.99 Å². The molecule has 0 spiro atoms. The van der Waals surface area contributed by atoms with Gasteiger partial charge in [0, 0.05) is 64.6 Å². The molecule has 2 rings (SSSR count). The topological polar surface area (TPSA) is 77.5 Å². The third kappa shape index (κ3) is 6.78. The van der Waals surface area contributed by atoms with Crippen molar-refractivity contribution in [2.75, 3.05) is 70.6 Å². The molecule has 0 aliphatic carbocycles. The minimum absolute atomic E-state index is 0.132. The zero-order chi connectivity index (χ0) is 21.3. The number of sulfonamides is 1. The third-order valence-corrected chi connectivity index (χ3v) is 6.93. The number of benzene rings is 1. The molecule has 1 heterocycles. The van der Waals surface area contributed by atoms with Crippen molar-refractivity contribution in [3.8, 4) is 5.75 Å². The maximum Gasteiger partial charge on any atom is 0.213 e. The van der Waals surface area contributed by atoms with Gasteiger partial charge in [0.05, 0.1) is 12.9 Å². The quantitative estimate of drug-likeness (QED) is 0.367. The van der Waals surface area contributed by atoms with Crippen molar-refractivity contribution in [1.82, 2.24) is 14.5 Å². The first-order valence-electron chi connectivity index (χ1n) is 10.3. The van der Waals surface area contributed by atoms with Crippen LogP contribution in [0.3, 0.4) is 0 Å². The van der Waals surface area contributed by atoms with E-state index in [4.69, 9.17) is 9.73 Å². The van der Waals surface area contributed by atoms with Crippen LogP contribution in [-0.2, 0) is 10.0 Å². The molecule has 8 nitrogen and oxygen atoms in total. The average Bonchev–Trinajstić information content (AvgIpc) is 2.75. The Morgan fingerprint density at radius 3 is 2.59 bits per heavy atom. The van der Waals surface area contributed by atoms with Gasteiger partial charge in [-0.15, -0.1) is 0 Å². The molecule has 0 aromatic heterocycles. The normalized spacial score (nSPS) is 15.7. The minimum atomic E-state index is -3.12. The second-order valence-corrected chi connectivity index (χ2v) is 9.35. The fraction of sp³-hybridized carbons (Fsp3) is 0.650. The molecule has 9 heteroatoms. The summed E-state index contributed by atoms with van der Waals surface area (Å²) in [6.45, 7) is 9.20. The number of hydrogen-bond donors (Lipinski definition) is 1. The van der Waals surface area contributed by atoms with Crippen LogP contribution < -0.4 is 15.0 Å². The van der Waals surface area contributed by atoms with Gasteiger partial charge in [0.2, 0.25) is 10.0 Å². The Bertz CT molecular complexity index is 761. The number of hydrogen-bond acceptors (Lipinski definition) is 5. The Morgan fingerprint density at radius 1 is 1.24 bits per heavy atom. The van der Waals surface area contributed by atoms with Gasteiger partial charge in [-0.25, -0.2) is 12.7 Å². The van der Waals surface area contributed by atoms with Crippen molar-refractivity contribution in [1.29, 1.82) is 0 Å². The highest BCUT2D eigenvalue weighted by molar-refractivity contribution is 7.89. The Hall–Kier alpha value is -2.00. The number of rotatable bonds is 9. The van der Waals surface area contributed by atoms with Crippen molar-refractivity contribution < 1.29 is 13.2 Å². The first-order valence-corrected chi connectivity index (χ1v) is 11.9. The summed E-state index contributed by atoms with van der Waals surface area (Å²) in [6, 6.07) is 8.15. The SMILES string of the molecule is CCNC(=NCCCN(C)S(=O)(=O)CC)N1CCN(c2cccc(OC)c2)CC1. The number of methoxy groups -OCH3 is 1. The highest BCUT2D eigenvalue weighted by Crippen LogP contribution is 2.22. The van der Waals surface area contributed by atoms with Crippen molar-refractivity contribution in [2.45, 2.75) is 20.3 Å². The van der Waals surface area contributed by atoms with Gasteiger partial charge in [-0.3, -0.25) is 4.99 Å². The van der Waals surface area contributed by atoms with E-state index in [-0.39, 0.29) is 5.75 Å². The average molecular weight is 426 g/mol. The van der Waals surface area contributed by atoms with E-state index >= 15 is 0 Å². The van der Waals surface area contributed by atoms with Crippen LogP contribution in [0.5, 0.6) is 5.75 Å². The summed E-state index contributed by atoms with van der Waals surface area (Å²) in [4.78, 5) is 9.34. The number of aliphatic imine (C=N–C) groups is 1. The summed E-state index contributed by atoms with van der Waals surface area (Å²) < 4.78 is 30.4. The Labute approximate surface area is 175 Å². The smallest absolute Gasteiger partial charge is 0.213 e. The van der Waals surface area contributed by atoms with Crippen molar-refractivity contribution in [3.05, 3.63) is 24.3 Å². The summed E-state index contributed by atoms with van der Waals surface area (Å²) in [5.74, 6) is 1.90. The Balaban J connectivity index is 1.88. The lowest BCUT2D eigenvalue weighted by molar-refractivity contribution is 0.371. The number of anilines is 1. The highest BCUT2D eigenvalue weighted by Gasteiger charge is 2.20. The van der Waals surface area contributed by atoms with Gasteiger partial charge in [0.1, 0.15) is 5.75 Å². The molecule has 164 valence electrons. The summed E-state index contributed by atoms with van der Waals surface area (Å²) >= 11 is 0. The fourth-order valence-corrected chi connectivity index (χ4v) is 4.10. The molecule has 1 aromatic rings. The monoisotopic (exact) mass is 425 g/mol. The van der Waals surface area contributed by atoms with E-state index in [1.807, 2.05) is 12.1 Å². The molecule has 0 atom stereocenters. The molecular weight excluding hydrogens is 390 g/mol. The summed E-state index contributed by atoms with van der Waals surface area (Å²) in [7, 11) is 0.194. The van der Waals surface area contributed by atoms with Crippen LogP contribution in [-0.4, -0.2) is 89.3 Å². The van der Waals surface area contributed by atoms with E-state index in [2.05, 4.69) is 34.2 Å². The maximum absolute atomic E-state index is 11.8. The number of nitrogens with one attached hydrogen (secondary N) is 1. The van der Waals surface area contributed by atoms with Crippen molar-refractivity contribution in [3.63, 3.8) is 0 Å². The molecule has 0 amide bonds. The molecule has 1 N–H and O–H groups in total.